The zero-order chi connectivity index (χ0) is 14.4. The van der Waals surface area contributed by atoms with Crippen LogP contribution in [0.5, 0.6) is 0 Å². The lowest BCUT2D eigenvalue weighted by molar-refractivity contribution is 0.172. The third-order valence-electron chi connectivity index (χ3n) is 5.74. The first kappa shape index (κ1) is 17.1. The molecule has 0 radical (unpaired) electrons. The number of hydrogen-bond acceptors (Lipinski definition) is 0. The maximum atomic E-state index is 2.57. The highest BCUT2D eigenvalue weighted by Gasteiger charge is 2.36. The summed E-state index contributed by atoms with van der Waals surface area (Å²) in [6.45, 7) is 14.6. The summed E-state index contributed by atoms with van der Waals surface area (Å²) in [6, 6.07) is 0. The molecule has 0 aliphatic heterocycles. The van der Waals surface area contributed by atoms with Gasteiger partial charge in [-0.1, -0.05) is 67.2 Å². The molecule has 0 nitrogen and oxygen atoms in total. The Hall–Kier alpha value is 0. The largest absolute Gasteiger partial charge is 0.0654 e. The molecule has 1 rings (SSSR count). The molecule has 0 aromatic heterocycles. The van der Waals surface area contributed by atoms with Crippen LogP contribution in [0, 0.1) is 35.5 Å². The van der Waals surface area contributed by atoms with Gasteiger partial charge in [0.2, 0.25) is 0 Å². The Kier molecular flexibility index (Phi) is 7.47. The van der Waals surface area contributed by atoms with Gasteiger partial charge in [0.1, 0.15) is 0 Å². The first-order chi connectivity index (χ1) is 8.99. The standard InChI is InChI=1S/C19H38/c1-7-9-10-18(11-14(3)4)16(6)19-13-17(8-2)12-15(19)5/h14-19H,7-13H2,1-6H3. The molecule has 1 saturated carbocycles. The van der Waals surface area contributed by atoms with Crippen molar-refractivity contribution in [3.05, 3.63) is 0 Å². The van der Waals surface area contributed by atoms with Crippen molar-refractivity contribution >= 4 is 0 Å². The second kappa shape index (κ2) is 8.32. The first-order valence-electron chi connectivity index (χ1n) is 8.99. The molecule has 0 amide bonds. The van der Waals surface area contributed by atoms with Gasteiger partial charge < -0.3 is 0 Å². The minimum absolute atomic E-state index is 0.864. The van der Waals surface area contributed by atoms with Crippen molar-refractivity contribution in [3.8, 4) is 0 Å². The van der Waals surface area contributed by atoms with Gasteiger partial charge in [0.25, 0.3) is 0 Å². The molecule has 0 N–H and O–H groups in total. The van der Waals surface area contributed by atoms with Gasteiger partial charge >= 0.3 is 0 Å². The molecule has 5 atom stereocenters. The van der Waals surface area contributed by atoms with Gasteiger partial charge in [0.05, 0.1) is 0 Å². The summed E-state index contributed by atoms with van der Waals surface area (Å²) in [7, 11) is 0. The van der Waals surface area contributed by atoms with Gasteiger partial charge in [-0.15, -0.1) is 0 Å². The Labute approximate surface area is 122 Å². The molecule has 1 fully saturated rings. The molecule has 1 aliphatic carbocycles. The topological polar surface area (TPSA) is 0 Å². The zero-order valence-corrected chi connectivity index (χ0v) is 14.4. The quantitative estimate of drug-likeness (QED) is 0.467. The second-order valence-electron chi connectivity index (χ2n) is 7.78. The van der Waals surface area contributed by atoms with E-state index in [4.69, 9.17) is 0 Å². The molecule has 1 aliphatic rings. The van der Waals surface area contributed by atoms with Crippen molar-refractivity contribution in [2.24, 2.45) is 35.5 Å². The smallest absolute Gasteiger partial charge is 0.0357 e. The molecule has 5 unspecified atom stereocenters. The van der Waals surface area contributed by atoms with Crippen LogP contribution in [0.15, 0.2) is 0 Å². The normalized spacial score (nSPS) is 30.8. The van der Waals surface area contributed by atoms with E-state index in [1.807, 2.05) is 0 Å². The summed E-state index contributed by atoms with van der Waals surface area (Å²) in [5.41, 5.74) is 0. The number of hydrogen-bond donors (Lipinski definition) is 0. The van der Waals surface area contributed by atoms with E-state index in [0.717, 1.165) is 35.5 Å². The summed E-state index contributed by atoms with van der Waals surface area (Å²) in [5, 5.41) is 0. The lowest BCUT2D eigenvalue weighted by Gasteiger charge is -2.32. The molecule has 0 aromatic carbocycles. The van der Waals surface area contributed by atoms with Crippen LogP contribution in [0.4, 0.5) is 0 Å². The lowest BCUT2D eigenvalue weighted by Crippen LogP contribution is -2.24. The van der Waals surface area contributed by atoms with Crippen LogP contribution in [-0.2, 0) is 0 Å². The van der Waals surface area contributed by atoms with Crippen LogP contribution in [-0.4, -0.2) is 0 Å². The Morgan fingerprint density at radius 3 is 2.21 bits per heavy atom. The molecule has 0 aromatic rings. The Morgan fingerprint density at radius 1 is 1.05 bits per heavy atom. The van der Waals surface area contributed by atoms with Crippen molar-refractivity contribution in [2.75, 3.05) is 0 Å². The zero-order valence-electron chi connectivity index (χ0n) is 14.4. The molecule has 0 heterocycles. The van der Waals surface area contributed by atoms with E-state index in [2.05, 4.69) is 41.5 Å². The monoisotopic (exact) mass is 266 g/mol. The summed E-state index contributed by atoms with van der Waals surface area (Å²) in [5.74, 6) is 5.78. The van der Waals surface area contributed by atoms with Crippen LogP contribution in [0.3, 0.4) is 0 Å². The van der Waals surface area contributed by atoms with Crippen LogP contribution in [0.25, 0.3) is 0 Å². The highest BCUT2D eigenvalue weighted by molar-refractivity contribution is 4.86. The van der Waals surface area contributed by atoms with E-state index in [9.17, 15) is 0 Å². The van der Waals surface area contributed by atoms with E-state index in [1.54, 1.807) is 0 Å². The van der Waals surface area contributed by atoms with E-state index in [1.165, 1.54) is 44.9 Å². The van der Waals surface area contributed by atoms with Gasteiger partial charge in [0, 0.05) is 0 Å². The van der Waals surface area contributed by atoms with Crippen molar-refractivity contribution in [2.45, 2.75) is 86.5 Å². The number of rotatable bonds is 8. The average Bonchev–Trinajstić information content (AvgIpc) is 2.74. The summed E-state index contributed by atoms with van der Waals surface area (Å²) in [6.07, 6.45) is 10.1. The van der Waals surface area contributed by atoms with E-state index < -0.39 is 0 Å². The fraction of sp³-hybridized carbons (Fsp3) is 1.00. The summed E-state index contributed by atoms with van der Waals surface area (Å²) >= 11 is 0. The van der Waals surface area contributed by atoms with E-state index in [0.29, 0.717) is 0 Å². The number of unbranched alkanes of at least 4 members (excludes halogenated alkanes) is 1. The SMILES string of the molecule is CCCCC(CC(C)C)C(C)C1CC(CC)CC1C. The maximum absolute atomic E-state index is 2.57. The van der Waals surface area contributed by atoms with Crippen molar-refractivity contribution in [1.82, 2.24) is 0 Å². The third-order valence-corrected chi connectivity index (χ3v) is 5.74. The molecule has 19 heavy (non-hydrogen) atoms. The van der Waals surface area contributed by atoms with Crippen LogP contribution >= 0.6 is 0 Å². The Morgan fingerprint density at radius 2 is 1.74 bits per heavy atom. The van der Waals surface area contributed by atoms with Crippen molar-refractivity contribution in [3.63, 3.8) is 0 Å². The minimum Gasteiger partial charge on any atom is -0.0654 e. The average molecular weight is 267 g/mol. The highest BCUT2D eigenvalue weighted by Crippen LogP contribution is 2.45. The van der Waals surface area contributed by atoms with Gasteiger partial charge in [-0.05, 0) is 54.8 Å². The first-order valence-corrected chi connectivity index (χ1v) is 8.99. The van der Waals surface area contributed by atoms with Crippen LogP contribution < -0.4 is 0 Å². The molecular formula is C19H38. The van der Waals surface area contributed by atoms with Gasteiger partial charge in [-0.2, -0.15) is 0 Å². The Bertz CT molecular complexity index is 230. The molecule has 0 saturated heterocycles. The molecule has 114 valence electrons. The molecule has 0 bridgehead atoms. The third kappa shape index (κ3) is 5.12. The molecular weight excluding hydrogens is 228 g/mol. The summed E-state index contributed by atoms with van der Waals surface area (Å²) < 4.78 is 0. The predicted molar refractivity (Wildman–Crippen MR) is 87.3 cm³/mol. The van der Waals surface area contributed by atoms with Gasteiger partial charge in [0.15, 0.2) is 0 Å². The van der Waals surface area contributed by atoms with Crippen molar-refractivity contribution < 1.29 is 0 Å². The van der Waals surface area contributed by atoms with Gasteiger partial charge in [-0.25, -0.2) is 0 Å². The van der Waals surface area contributed by atoms with Crippen LogP contribution in [0.1, 0.15) is 86.5 Å². The van der Waals surface area contributed by atoms with Crippen molar-refractivity contribution in [1.29, 1.82) is 0 Å². The fourth-order valence-corrected chi connectivity index (χ4v) is 4.50. The lowest BCUT2D eigenvalue weighted by atomic mass is 9.73. The van der Waals surface area contributed by atoms with Crippen LogP contribution in [0.2, 0.25) is 0 Å². The van der Waals surface area contributed by atoms with E-state index >= 15 is 0 Å². The minimum atomic E-state index is 0.864. The van der Waals surface area contributed by atoms with Gasteiger partial charge in [-0.3, -0.25) is 0 Å². The molecule has 0 spiro atoms. The maximum Gasteiger partial charge on any atom is -0.0357 e. The Balaban J connectivity index is 2.61. The highest BCUT2D eigenvalue weighted by atomic mass is 14.4. The molecule has 0 heteroatoms. The predicted octanol–water partition coefficient (Wildman–Crippen LogP) is 6.55. The van der Waals surface area contributed by atoms with E-state index in [-0.39, 0.29) is 0 Å². The summed E-state index contributed by atoms with van der Waals surface area (Å²) in [4.78, 5) is 0. The fourth-order valence-electron chi connectivity index (χ4n) is 4.50. The second-order valence-corrected chi connectivity index (χ2v) is 7.78.